The first kappa shape index (κ1) is 21.7. The van der Waals surface area contributed by atoms with Crippen LogP contribution < -0.4 is 10.6 Å². The van der Waals surface area contributed by atoms with E-state index in [1.807, 2.05) is 0 Å². The maximum Gasteiger partial charge on any atom is 0.221 e. The molecule has 1 saturated carbocycles. The zero-order chi connectivity index (χ0) is 15.2. The lowest BCUT2D eigenvalue weighted by Crippen LogP contribution is -2.32. The Morgan fingerprint density at radius 1 is 1.21 bits per heavy atom. The fourth-order valence-electron chi connectivity index (χ4n) is 3.56. The predicted octanol–water partition coefficient (Wildman–Crippen LogP) is 3.84. The van der Waals surface area contributed by atoms with Crippen LogP contribution in [0.15, 0.2) is 5.38 Å². The summed E-state index contributed by atoms with van der Waals surface area (Å²) in [5.41, 5.74) is 1.29. The summed E-state index contributed by atoms with van der Waals surface area (Å²) in [5.74, 6) is 0.852. The molecule has 1 aromatic rings. The lowest BCUT2D eigenvalue weighted by molar-refractivity contribution is -0.121. The number of halogens is 2. The molecule has 0 radical (unpaired) electrons. The fourth-order valence-corrected chi connectivity index (χ4v) is 4.44. The minimum atomic E-state index is 0. The van der Waals surface area contributed by atoms with Gasteiger partial charge in [-0.25, -0.2) is 4.98 Å². The lowest BCUT2D eigenvalue weighted by Gasteiger charge is -2.19. The van der Waals surface area contributed by atoms with Crippen molar-refractivity contribution in [1.29, 1.82) is 0 Å². The van der Waals surface area contributed by atoms with E-state index >= 15 is 0 Å². The number of nitrogens with one attached hydrogen (secondary N) is 2. The normalized spacial score (nSPS) is 20.9. The molecule has 0 spiro atoms. The number of hydrogen-bond donors (Lipinski definition) is 2. The summed E-state index contributed by atoms with van der Waals surface area (Å²) in [5, 5.41) is 9.80. The molecule has 0 aromatic carbocycles. The van der Waals surface area contributed by atoms with Gasteiger partial charge in [0.15, 0.2) is 0 Å². The molecule has 138 valence electrons. The van der Waals surface area contributed by atoms with Gasteiger partial charge >= 0.3 is 0 Å². The van der Waals surface area contributed by atoms with Crippen LogP contribution in [0.4, 0.5) is 0 Å². The minimum Gasteiger partial charge on any atom is -0.356 e. The highest BCUT2D eigenvalue weighted by molar-refractivity contribution is 7.09. The third-order valence-electron chi connectivity index (χ3n) is 4.85. The van der Waals surface area contributed by atoms with Gasteiger partial charge in [0.2, 0.25) is 5.91 Å². The molecule has 1 aliphatic heterocycles. The first-order chi connectivity index (χ1) is 10.8. The molecule has 1 unspecified atom stereocenters. The van der Waals surface area contributed by atoms with Gasteiger partial charge in [-0.1, -0.05) is 19.3 Å². The molecular weight excluding hydrogens is 365 g/mol. The van der Waals surface area contributed by atoms with Crippen LogP contribution in [0.1, 0.15) is 68.0 Å². The minimum absolute atomic E-state index is 0. The highest BCUT2D eigenvalue weighted by Gasteiger charge is 2.19. The summed E-state index contributed by atoms with van der Waals surface area (Å²) >= 11 is 1.75. The third-order valence-corrected chi connectivity index (χ3v) is 5.77. The largest absolute Gasteiger partial charge is 0.356 e. The highest BCUT2D eigenvalue weighted by atomic mass is 35.5. The molecular formula is C17H29Cl2N3OS. The van der Waals surface area contributed by atoms with E-state index in [1.165, 1.54) is 49.2 Å². The number of nitrogens with zero attached hydrogens (tertiary/aromatic N) is 1. The molecule has 2 heterocycles. The number of thiazole rings is 1. The van der Waals surface area contributed by atoms with Crippen LogP contribution in [-0.2, 0) is 11.2 Å². The molecule has 2 fully saturated rings. The Morgan fingerprint density at radius 3 is 2.71 bits per heavy atom. The van der Waals surface area contributed by atoms with Crippen molar-refractivity contribution in [3.8, 4) is 0 Å². The summed E-state index contributed by atoms with van der Waals surface area (Å²) in [4.78, 5) is 16.7. The van der Waals surface area contributed by atoms with E-state index in [9.17, 15) is 4.79 Å². The van der Waals surface area contributed by atoms with Crippen LogP contribution in [0.3, 0.4) is 0 Å². The quantitative estimate of drug-likeness (QED) is 0.771. The van der Waals surface area contributed by atoms with E-state index in [-0.39, 0.29) is 30.7 Å². The van der Waals surface area contributed by atoms with Gasteiger partial charge in [-0.05, 0) is 32.2 Å². The maximum atomic E-state index is 11.9. The second kappa shape index (κ2) is 11.3. The fraction of sp³-hybridized carbons (Fsp3) is 0.765. The Labute approximate surface area is 161 Å². The number of amides is 1. The van der Waals surface area contributed by atoms with Gasteiger partial charge in [0.05, 0.1) is 10.7 Å². The van der Waals surface area contributed by atoms with E-state index in [0.29, 0.717) is 24.9 Å². The van der Waals surface area contributed by atoms with E-state index in [2.05, 4.69) is 16.0 Å². The summed E-state index contributed by atoms with van der Waals surface area (Å²) in [6, 6.07) is 0.387. The molecule has 1 aliphatic carbocycles. The summed E-state index contributed by atoms with van der Waals surface area (Å²) < 4.78 is 0. The van der Waals surface area contributed by atoms with E-state index in [4.69, 9.17) is 4.98 Å². The molecule has 7 heteroatoms. The number of rotatable bonds is 6. The molecule has 4 nitrogen and oxygen atoms in total. The molecule has 2 aliphatic rings. The van der Waals surface area contributed by atoms with Crippen LogP contribution in [0, 0.1) is 0 Å². The number of aromatic nitrogens is 1. The topological polar surface area (TPSA) is 54.0 Å². The standard InChI is InChI=1S/C17H27N3OS.2ClH/c21-16(11-14-7-4-9-18-14)19-10-8-17-20-15(12-22-17)13-5-2-1-3-6-13;;/h12-14,18H,1-11H2,(H,19,21);2*1H. The van der Waals surface area contributed by atoms with Crippen LogP contribution >= 0.6 is 36.2 Å². The second-order valence-electron chi connectivity index (χ2n) is 6.60. The number of carbonyl (C=O) groups is 1. The van der Waals surface area contributed by atoms with Gasteiger partial charge in [-0.15, -0.1) is 36.2 Å². The highest BCUT2D eigenvalue weighted by Crippen LogP contribution is 2.33. The molecule has 1 atom stereocenters. The average molecular weight is 394 g/mol. The van der Waals surface area contributed by atoms with Crippen molar-refractivity contribution in [3.63, 3.8) is 0 Å². The molecule has 3 rings (SSSR count). The SMILES string of the molecule is Cl.Cl.O=C(CC1CCCN1)NCCc1nc(C2CCCCC2)cs1. The number of carbonyl (C=O) groups excluding carboxylic acids is 1. The Bertz CT molecular complexity index is 486. The number of hydrogen-bond acceptors (Lipinski definition) is 4. The van der Waals surface area contributed by atoms with Crippen molar-refractivity contribution < 1.29 is 4.79 Å². The average Bonchev–Trinajstić information content (AvgIpc) is 3.20. The van der Waals surface area contributed by atoms with Crippen molar-refractivity contribution in [2.24, 2.45) is 0 Å². The van der Waals surface area contributed by atoms with Gasteiger partial charge in [0, 0.05) is 36.7 Å². The summed E-state index contributed by atoms with van der Waals surface area (Å²) in [6.07, 6.45) is 10.5. The van der Waals surface area contributed by atoms with Crippen molar-refractivity contribution in [2.45, 2.75) is 69.7 Å². The first-order valence-corrected chi connectivity index (χ1v) is 9.63. The van der Waals surface area contributed by atoms with Crippen LogP contribution in [-0.4, -0.2) is 30.0 Å². The Balaban J connectivity index is 0.00000144. The molecule has 1 amide bonds. The van der Waals surface area contributed by atoms with Crippen LogP contribution in [0.2, 0.25) is 0 Å². The van der Waals surface area contributed by atoms with Gasteiger partial charge in [-0.2, -0.15) is 0 Å². The van der Waals surface area contributed by atoms with Gasteiger partial charge in [0.1, 0.15) is 0 Å². The van der Waals surface area contributed by atoms with Crippen molar-refractivity contribution >= 4 is 42.1 Å². The van der Waals surface area contributed by atoms with Crippen LogP contribution in [0.25, 0.3) is 0 Å². The molecule has 24 heavy (non-hydrogen) atoms. The molecule has 1 saturated heterocycles. The van der Waals surface area contributed by atoms with E-state index in [0.717, 1.165) is 19.4 Å². The van der Waals surface area contributed by atoms with Crippen LogP contribution in [0.5, 0.6) is 0 Å². The van der Waals surface area contributed by atoms with Gasteiger partial charge in [-0.3, -0.25) is 4.79 Å². The molecule has 2 N–H and O–H groups in total. The smallest absolute Gasteiger partial charge is 0.221 e. The zero-order valence-electron chi connectivity index (χ0n) is 14.1. The van der Waals surface area contributed by atoms with Gasteiger partial charge < -0.3 is 10.6 Å². The third kappa shape index (κ3) is 6.51. The Morgan fingerprint density at radius 2 is 2.00 bits per heavy atom. The first-order valence-electron chi connectivity index (χ1n) is 8.75. The molecule has 1 aromatic heterocycles. The van der Waals surface area contributed by atoms with E-state index < -0.39 is 0 Å². The zero-order valence-corrected chi connectivity index (χ0v) is 16.5. The lowest BCUT2D eigenvalue weighted by atomic mass is 9.87. The monoisotopic (exact) mass is 393 g/mol. The molecule has 0 bridgehead atoms. The van der Waals surface area contributed by atoms with E-state index in [1.54, 1.807) is 11.3 Å². The summed E-state index contributed by atoms with van der Waals surface area (Å²) in [6.45, 7) is 1.77. The summed E-state index contributed by atoms with van der Waals surface area (Å²) in [7, 11) is 0. The maximum absolute atomic E-state index is 11.9. The Hall–Kier alpha value is -0.360. The van der Waals surface area contributed by atoms with Crippen molar-refractivity contribution in [3.05, 3.63) is 16.1 Å². The van der Waals surface area contributed by atoms with Crippen molar-refractivity contribution in [1.82, 2.24) is 15.6 Å². The predicted molar refractivity (Wildman–Crippen MR) is 105 cm³/mol. The van der Waals surface area contributed by atoms with Crippen molar-refractivity contribution in [2.75, 3.05) is 13.1 Å². The van der Waals surface area contributed by atoms with Gasteiger partial charge in [0.25, 0.3) is 0 Å². The second-order valence-corrected chi connectivity index (χ2v) is 7.54. The Kier molecular flexibility index (Phi) is 10.2.